The highest BCUT2D eigenvalue weighted by atomic mass is 79.9. The molecule has 1 atom stereocenters. The largest absolute Gasteiger partial charge is 0.496 e. The van der Waals surface area contributed by atoms with Crippen molar-refractivity contribution in [1.29, 1.82) is 0 Å². The Morgan fingerprint density at radius 3 is 2.54 bits per heavy atom. The van der Waals surface area contributed by atoms with Crippen molar-refractivity contribution in [2.24, 2.45) is 0 Å². The number of carbonyl (C=O) groups is 1. The first-order chi connectivity index (χ1) is 11.5. The summed E-state index contributed by atoms with van der Waals surface area (Å²) in [5.74, 6) is 1.85. The second-order valence-corrected chi connectivity index (χ2v) is 8.03. The van der Waals surface area contributed by atoms with Crippen molar-refractivity contribution in [3.63, 3.8) is 0 Å². The molecule has 0 aliphatic carbocycles. The first kappa shape index (κ1) is 17.4. The molecule has 0 spiro atoms. The van der Waals surface area contributed by atoms with E-state index in [0.717, 1.165) is 44.8 Å². The number of aryl methyl sites for hydroxylation is 2. The first-order valence-electron chi connectivity index (χ1n) is 7.84. The minimum Gasteiger partial charge on any atom is -0.496 e. The molecule has 126 valence electrons. The van der Waals surface area contributed by atoms with Gasteiger partial charge >= 0.3 is 0 Å². The standard InChI is InChI=1S/C19H20BrNO2S/c1-12-8-13(2)10-15(9-12)18(22)21-6-7-24-19(21)14-4-5-17(23-3)16(20)11-14/h4-5,8-11,19H,6-7H2,1-3H3. The van der Waals surface area contributed by atoms with Crippen LogP contribution in [0.5, 0.6) is 5.75 Å². The molecule has 1 unspecified atom stereocenters. The molecule has 3 nitrogen and oxygen atoms in total. The van der Waals surface area contributed by atoms with Crippen molar-refractivity contribution in [2.45, 2.75) is 19.2 Å². The van der Waals surface area contributed by atoms with Crippen molar-refractivity contribution in [3.05, 3.63) is 63.1 Å². The maximum absolute atomic E-state index is 13.0. The lowest BCUT2D eigenvalue weighted by molar-refractivity contribution is 0.0760. The first-order valence-corrected chi connectivity index (χ1v) is 9.68. The minimum atomic E-state index is 0.0422. The van der Waals surface area contributed by atoms with Gasteiger partial charge in [0.15, 0.2) is 0 Å². The molecule has 2 aromatic carbocycles. The molecule has 1 fully saturated rings. The normalized spacial score (nSPS) is 17.2. The van der Waals surface area contributed by atoms with Gasteiger partial charge in [-0.15, -0.1) is 11.8 Å². The summed E-state index contributed by atoms with van der Waals surface area (Å²) in [5, 5.41) is 0.0422. The Labute approximate surface area is 155 Å². The van der Waals surface area contributed by atoms with Gasteiger partial charge in [0, 0.05) is 17.9 Å². The van der Waals surface area contributed by atoms with E-state index in [4.69, 9.17) is 4.74 Å². The van der Waals surface area contributed by atoms with E-state index in [0.29, 0.717) is 0 Å². The molecule has 0 bridgehead atoms. The van der Waals surface area contributed by atoms with Gasteiger partial charge in [-0.2, -0.15) is 0 Å². The number of hydrogen-bond acceptors (Lipinski definition) is 3. The molecule has 24 heavy (non-hydrogen) atoms. The van der Waals surface area contributed by atoms with Crippen molar-refractivity contribution in [3.8, 4) is 5.75 Å². The van der Waals surface area contributed by atoms with E-state index in [9.17, 15) is 4.79 Å². The summed E-state index contributed by atoms with van der Waals surface area (Å²) < 4.78 is 6.21. The number of ether oxygens (including phenoxy) is 1. The van der Waals surface area contributed by atoms with Crippen LogP contribution in [0, 0.1) is 13.8 Å². The highest BCUT2D eigenvalue weighted by Crippen LogP contribution is 2.41. The summed E-state index contributed by atoms with van der Waals surface area (Å²) in [5.41, 5.74) is 4.12. The summed E-state index contributed by atoms with van der Waals surface area (Å²) >= 11 is 5.34. The quantitative estimate of drug-likeness (QED) is 0.722. The molecule has 0 N–H and O–H groups in total. The fourth-order valence-electron chi connectivity index (χ4n) is 3.05. The van der Waals surface area contributed by atoms with E-state index in [1.807, 2.05) is 49.1 Å². The number of carbonyl (C=O) groups excluding carboxylic acids is 1. The predicted octanol–water partition coefficient (Wildman–Crippen LogP) is 4.96. The fourth-order valence-corrected chi connectivity index (χ4v) is 4.86. The van der Waals surface area contributed by atoms with Crippen LogP contribution in [0.15, 0.2) is 40.9 Å². The molecule has 1 heterocycles. The molecule has 0 saturated carbocycles. The molecular weight excluding hydrogens is 386 g/mol. The van der Waals surface area contributed by atoms with Crippen LogP contribution in [0.3, 0.4) is 0 Å². The number of thioether (sulfide) groups is 1. The zero-order valence-corrected chi connectivity index (χ0v) is 16.4. The number of methoxy groups -OCH3 is 1. The lowest BCUT2D eigenvalue weighted by Gasteiger charge is -2.25. The molecule has 1 saturated heterocycles. The van der Waals surface area contributed by atoms with E-state index in [1.54, 1.807) is 18.9 Å². The Kier molecular flexibility index (Phi) is 5.21. The van der Waals surface area contributed by atoms with Crippen LogP contribution >= 0.6 is 27.7 Å². The molecule has 0 radical (unpaired) electrons. The van der Waals surface area contributed by atoms with Gasteiger partial charge < -0.3 is 9.64 Å². The number of amides is 1. The van der Waals surface area contributed by atoms with E-state index < -0.39 is 0 Å². The van der Waals surface area contributed by atoms with Gasteiger partial charge in [0.05, 0.1) is 11.6 Å². The Bertz CT molecular complexity index is 758. The summed E-state index contributed by atoms with van der Waals surface area (Å²) in [4.78, 5) is 15.0. The molecule has 0 aromatic heterocycles. The Morgan fingerprint density at radius 2 is 1.92 bits per heavy atom. The predicted molar refractivity (Wildman–Crippen MR) is 103 cm³/mol. The fraction of sp³-hybridized carbons (Fsp3) is 0.316. The van der Waals surface area contributed by atoms with Crippen molar-refractivity contribution < 1.29 is 9.53 Å². The average molecular weight is 406 g/mol. The molecular formula is C19H20BrNO2S. The van der Waals surface area contributed by atoms with Gasteiger partial charge in [-0.05, 0) is 59.6 Å². The third-order valence-corrected chi connectivity index (χ3v) is 5.96. The lowest BCUT2D eigenvalue weighted by atomic mass is 10.1. The number of benzene rings is 2. The van der Waals surface area contributed by atoms with Gasteiger partial charge in [0.25, 0.3) is 5.91 Å². The van der Waals surface area contributed by atoms with Crippen LogP contribution in [-0.4, -0.2) is 30.2 Å². The highest BCUT2D eigenvalue weighted by molar-refractivity contribution is 9.10. The van der Waals surface area contributed by atoms with E-state index in [2.05, 4.69) is 22.0 Å². The van der Waals surface area contributed by atoms with Crippen molar-refractivity contribution >= 4 is 33.6 Å². The summed E-state index contributed by atoms with van der Waals surface area (Å²) in [6, 6.07) is 12.1. The lowest BCUT2D eigenvalue weighted by Crippen LogP contribution is -2.30. The molecule has 1 aliphatic rings. The van der Waals surface area contributed by atoms with Gasteiger partial charge in [-0.3, -0.25) is 4.79 Å². The molecule has 2 aromatic rings. The number of hydrogen-bond donors (Lipinski definition) is 0. The van der Waals surface area contributed by atoms with Gasteiger partial charge in [0.1, 0.15) is 11.1 Å². The summed E-state index contributed by atoms with van der Waals surface area (Å²) in [6.07, 6.45) is 0. The summed E-state index contributed by atoms with van der Waals surface area (Å²) in [6.45, 7) is 4.83. The molecule has 3 rings (SSSR count). The van der Waals surface area contributed by atoms with Crippen molar-refractivity contribution in [2.75, 3.05) is 19.4 Å². The van der Waals surface area contributed by atoms with E-state index in [-0.39, 0.29) is 11.3 Å². The molecule has 1 amide bonds. The van der Waals surface area contributed by atoms with Crippen LogP contribution in [0.25, 0.3) is 0 Å². The van der Waals surface area contributed by atoms with Crippen molar-refractivity contribution in [1.82, 2.24) is 4.90 Å². The smallest absolute Gasteiger partial charge is 0.255 e. The van der Waals surface area contributed by atoms with Crippen LogP contribution in [0.1, 0.15) is 32.4 Å². The number of nitrogens with zero attached hydrogens (tertiary/aromatic N) is 1. The van der Waals surface area contributed by atoms with Gasteiger partial charge in [-0.25, -0.2) is 0 Å². The third-order valence-electron chi connectivity index (χ3n) is 4.08. The second kappa shape index (κ2) is 7.19. The number of rotatable bonds is 3. The Hall–Kier alpha value is -1.46. The molecule has 5 heteroatoms. The highest BCUT2D eigenvalue weighted by Gasteiger charge is 2.31. The van der Waals surface area contributed by atoms with Crippen LogP contribution in [0.4, 0.5) is 0 Å². The Morgan fingerprint density at radius 1 is 1.21 bits per heavy atom. The zero-order valence-electron chi connectivity index (χ0n) is 14.0. The topological polar surface area (TPSA) is 29.5 Å². The maximum atomic E-state index is 13.0. The zero-order chi connectivity index (χ0) is 17.3. The SMILES string of the molecule is COc1ccc(C2SCCN2C(=O)c2cc(C)cc(C)c2)cc1Br. The average Bonchev–Trinajstić information content (AvgIpc) is 3.02. The summed E-state index contributed by atoms with van der Waals surface area (Å²) in [7, 11) is 1.65. The minimum absolute atomic E-state index is 0.0422. The van der Waals surface area contributed by atoms with Gasteiger partial charge in [-0.1, -0.05) is 23.3 Å². The second-order valence-electron chi connectivity index (χ2n) is 5.99. The maximum Gasteiger partial charge on any atom is 0.255 e. The number of halogens is 1. The van der Waals surface area contributed by atoms with Gasteiger partial charge in [0.2, 0.25) is 0 Å². The monoisotopic (exact) mass is 405 g/mol. The molecule has 1 aliphatic heterocycles. The Balaban J connectivity index is 1.90. The van der Waals surface area contributed by atoms with Crippen LogP contribution < -0.4 is 4.74 Å². The van der Waals surface area contributed by atoms with E-state index >= 15 is 0 Å². The van der Waals surface area contributed by atoms with Crippen LogP contribution in [0.2, 0.25) is 0 Å². The van der Waals surface area contributed by atoms with Crippen LogP contribution in [-0.2, 0) is 0 Å². The van der Waals surface area contributed by atoms with E-state index in [1.165, 1.54) is 0 Å². The third kappa shape index (κ3) is 3.47.